The summed E-state index contributed by atoms with van der Waals surface area (Å²) in [5.74, 6) is 3.19. The Balaban J connectivity index is 1.56. The molecule has 0 saturated heterocycles. The molecule has 0 heterocycles. The van der Waals surface area contributed by atoms with Gasteiger partial charge in [-0.2, -0.15) is 0 Å². The zero-order chi connectivity index (χ0) is 28.4. The summed E-state index contributed by atoms with van der Waals surface area (Å²) >= 11 is 0. The fourth-order valence-corrected chi connectivity index (χ4v) is 4.76. The number of ether oxygens (including phenoxy) is 2. The van der Waals surface area contributed by atoms with Crippen LogP contribution in [-0.4, -0.2) is 13.2 Å². The van der Waals surface area contributed by atoms with Crippen molar-refractivity contribution in [3.8, 4) is 11.5 Å². The Hall–Kier alpha value is -3.26. The zero-order valence-electron chi connectivity index (χ0n) is 25.3. The van der Waals surface area contributed by atoms with Crippen LogP contribution in [0.3, 0.4) is 0 Å². The van der Waals surface area contributed by atoms with E-state index in [1.54, 1.807) is 0 Å². The highest BCUT2D eigenvalue weighted by atomic mass is 16.5. The minimum absolute atomic E-state index is 0.643. The molecule has 0 aromatic heterocycles. The molecule has 2 nitrogen and oxygen atoms in total. The fraction of sp³-hybridized carbons (Fsp3) is 0.421. The van der Waals surface area contributed by atoms with Gasteiger partial charge in [-0.15, -0.1) is 0 Å². The Morgan fingerprint density at radius 3 is 1.27 bits per heavy atom. The van der Waals surface area contributed by atoms with Crippen molar-refractivity contribution < 1.29 is 9.47 Å². The van der Waals surface area contributed by atoms with Crippen molar-refractivity contribution in [2.24, 2.45) is 11.8 Å². The van der Waals surface area contributed by atoms with Crippen molar-refractivity contribution >= 4 is 24.3 Å². The molecular weight excluding hydrogens is 488 g/mol. The van der Waals surface area contributed by atoms with Crippen LogP contribution in [0.4, 0.5) is 0 Å². The minimum atomic E-state index is 0.643. The SMILES string of the molecule is CCCCC(CC)COc1ccc(/C=C/c2ccccc2/C=C/c2ccc(OCC(CC)CCCC)cc2)cc1. The van der Waals surface area contributed by atoms with E-state index in [2.05, 4.69) is 125 Å². The monoisotopic (exact) mass is 538 g/mol. The summed E-state index contributed by atoms with van der Waals surface area (Å²) in [4.78, 5) is 0. The summed E-state index contributed by atoms with van der Waals surface area (Å²) in [5.41, 5.74) is 4.72. The lowest BCUT2D eigenvalue weighted by Gasteiger charge is -2.15. The third-order valence-corrected chi connectivity index (χ3v) is 7.72. The number of hydrogen-bond donors (Lipinski definition) is 0. The van der Waals surface area contributed by atoms with Crippen LogP contribution in [0.1, 0.15) is 101 Å². The third-order valence-electron chi connectivity index (χ3n) is 7.72. The highest BCUT2D eigenvalue weighted by Gasteiger charge is 2.08. The van der Waals surface area contributed by atoms with Gasteiger partial charge in [0.15, 0.2) is 0 Å². The molecule has 0 saturated carbocycles. The summed E-state index contributed by atoms with van der Waals surface area (Å²) in [6.45, 7) is 10.6. The molecule has 0 spiro atoms. The first-order chi connectivity index (χ1) is 19.6. The van der Waals surface area contributed by atoms with E-state index in [0.29, 0.717) is 11.8 Å². The normalized spacial score (nSPS) is 13.1. The fourth-order valence-electron chi connectivity index (χ4n) is 4.76. The van der Waals surface area contributed by atoms with Crippen molar-refractivity contribution in [1.82, 2.24) is 0 Å². The van der Waals surface area contributed by atoms with E-state index in [-0.39, 0.29) is 0 Å². The van der Waals surface area contributed by atoms with E-state index >= 15 is 0 Å². The Morgan fingerprint density at radius 1 is 0.525 bits per heavy atom. The molecule has 0 amide bonds. The summed E-state index contributed by atoms with van der Waals surface area (Å²) in [7, 11) is 0. The van der Waals surface area contributed by atoms with Gasteiger partial charge in [0.2, 0.25) is 0 Å². The predicted octanol–water partition coefficient (Wildman–Crippen LogP) is 11.2. The van der Waals surface area contributed by atoms with Gasteiger partial charge in [0.25, 0.3) is 0 Å². The molecule has 0 aliphatic rings. The third kappa shape index (κ3) is 11.1. The summed E-state index contributed by atoms with van der Waals surface area (Å²) < 4.78 is 12.2. The quantitative estimate of drug-likeness (QED) is 0.150. The molecule has 3 rings (SSSR count). The molecule has 0 radical (unpaired) electrons. The van der Waals surface area contributed by atoms with Crippen LogP contribution in [0, 0.1) is 11.8 Å². The molecule has 0 fully saturated rings. The van der Waals surface area contributed by atoms with Crippen LogP contribution >= 0.6 is 0 Å². The van der Waals surface area contributed by atoms with E-state index in [1.807, 2.05) is 0 Å². The average Bonchev–Trinajstić information content (AvgIpc) is 3.00. The Kier molecular flexibility index (Phi) is 14.2. The molecule has 2 heteroatoms. The topological polar surface area (TPSA) is 18.5 Å². The minimum Gasteiger partial charge on any atom is -0.493 e. The van der Waals surface area contributed by atoms with E-state index in [4.69, 9.17) is 9.47 Å². The first kappa shape index (κ1) is 31.3. The van der Waals surface area contributed by atoms with Gasteiger partial charge in [-0.25, -0.2) is 0 Å². The van der Waals surface area contributed by atoms with Gasteiger partial charge in [-0.1, -0.05) is 139 Å². The van der Waals surface area contributed by atoms with Gasteiger partial charge in [-0.3, -0.25) is 0 Å². The molecule has 0 aliphatic heterocycles. The Bertz CT molecular complexity index is 1050. The van der Waals surface area contributed by atoms with Gasteiger partial charge in [0.1, 0.15) is 11.5 Å². The maximum atomic E-state index is 6.08. The molecule has 40 heavy (non-hydrogen) atoms. The van der Waals surface area contributed by atoms with Gasteiger partial charge >= 0.3 is 0 Å². The molecule has 0 aliphatic carbocycles. The van der Waals surface area contributed by atoms with Crippen molar-refractivity contribution in [2.45, 2.75) is 79.1 Å². The van der Waals surface area contributed by atoms with E-state index in [9.17, 15) is 0 Å². The van der Waals surface area contributed by atoms with Crippen LogP contribution in [-0.2, 0) is 0 Å². The molecule has 3 aromatic carbocycles. The summed E-state index contributed by atoms with van der Waals surface area (Å²) in [5, 5.41) is 0. The first-order valence-corrected chi connectivity index (χ1v) is 15.6. The molecule has 0 bridgehead atoms. The van der Waals surface area contributed by atoms with Crippen molar-refractivity contribution in [2.75, 3.05) is 13.2 Å². The highest BCUT2D eigenvalue weighted by molar-refractivity contribution is 5.79. The molecule has 214 valence electrons. The summed E-state index contributed by atoms with van der Waals surface area (Å²) in [6.07, 6.45) is 18.6. The maximum absolute atomic E-state index is 6.08. The lowest BCUT2D eigenvalue weighted by Crippen LogP contribution is -2.11. The van der Waals surface area contributed by atoms with Gasteiger partial charge in [0, 0.05) is 0 Å². The Morgan fingerprint density at radius 2 is 0.925 bits per heavy atom. The van der Waals surface area contributed by atoms with Crippen LogP contribution in [0.5, 0.6) is 11.5 Å². The number of unbranched alkanes of at least 4 members (excludes halogenated alkanes) is 2. The second kappa shape index (κ2) is 18.2. The lowest BCUT2D eigenvalue weighted by molar-refractivity contribution is 0.233. The van der Waals surface area contributed by atoms with Crippen molar-refractivity contribution in [3.05, 3.63) is 95.1 Å². The molecule has 3 aromatic rings. The highest BCUT2D eigenvalue weighted by Crippen LogP contribution is 2.22. The van der Waals surface area contributed by atoms with Crippen LogP contribution in [0.2, 0.25) is 0 Å². The molecule has 0 N–H and O–H groups in total. The standard InChI is InChI=1S/C38H50O2/c1-5-9-13-31(7-3)29-39-37-25-19-33(20-26-37)17-23-35-15-11-12-16-36(35)24-18-34-21-27-38(28-22-34)40-30-32(8-4)14-10-6-2/h11-12,15-28,31-32H,5-10,13-14,29-30H2,1-4H3/b23-17+,24-18+. The first-order valence-electron chi connectivity index (χ1n) is 15.6. The van der Waals surface area contributed by atoms with E-state index in [0.717, 1.165) is 24.7 Å². The number of hydrogen-bond acceptors (Lipinski definition) is 2. The number of benzene rings is 3. The lowest BCUT2D eigenvalue weighted by atomic mass is 10.0. The Labute approximate surface area is 244 Å². The van der Waals surface area contributed by atoms with Crippen molar-refractivity contribution in [3.63, 3.8) is 0 Å². The smallest absolute Gasteiger partial charge is 0.119 e. The second-order valence-electron chi connectivity index (χ2n) is 10.9. The van der Waals surface area contributed by atoms with Crippen molar-refractivity contribution in [1.29, 1.82) is 0 Å². The zero-order valence-corrected chi connectivity index (χ0v) is 25.3. The number of rotatable bonds is 18. The second-order valence-corrected chi connectivity index (χ2v) is 10.9. The van der Waals surface area contributed by atoms with Crippen LogP contribution < -0.4 is 9.47 Å². The van der Waals surface area contributed by atoms with Gasteiger partial charge in [-0.05, 0) is 71.2 Å². The predicted molar refractivity (Wildman–Crippen MR) is 175 cm³/mol. The summed E-state index contributed by atoms with van der Waals surface area (Å²) in [6, 6.07) is 25.4. The van der Waals surface area contributed by atoms with Crippen LogP contribution in [0.25, 0.3) is 24.3 Å². The average molecular weight is 539 g/mol. The maximum Gasteiger partial charge on any atom is 0.119 e. The van der Waals surface area contributed by atoms with E-state index in [1.165, 1.54) is 73.6 Å². The molecular formula is C38H50O2. The molecule has 2 atom stereocenters. The van der Waals surface area contributed by atoms with Gasteiger partial charge in [0.05, 0.1) is 13.2 Å². The van der Waals surface area contributed by atoms with Gasteiger partial charge < -0.3 is 9.47 Å². The molecule has 2 unspecified atom stereocenters. The van der Waals surface area contributed by atoms with E-state index < -0.39 is 0 Å². The van der Waals surface area contributed by atoms with Crippen LogP contribution in [0.15, 0.2) is 72.8 Å². The largest absolute Gasteiger partial charge is 0.493 e.